The van der Waals surface area contributed by atoms with Gasteiger partial charge in [-0.25, -0.2) is 23.4 Å². The van der Waals surface area contributed by atoms with E-state index in [1.807, 2.05) is 0 Å². The topological polar surface area (TPSA) is 121 Å². The number of amides is 1. The van der Waals surface area contributed by atoms with Crippen molar-refractivity contribution in [2.24, 2.45) is 16.8 Å². The Kier molecular flexibility index (Phi) is 7.74. The van der Waals surface area contributed by atoms with E-state index < -0.39 is 42.1 Å². The van der Waals surface area contributed by atoms with E-state index in [9.17, 15) is 22.4 Å². The van der Waals surface area contributed by atoms with Crippen molar-refractivity contribution in [3.8, 4) is 0 Å². The molecule has 0 unspecified atom stereocenters. The summed E-state index contributed by atoms with van der Waals surface area (Å²) in [6.07, 6.45) is -0.410. The van der Waals surface area contributed by atoms with Crippen molar-refractivity contribution in [2.45, 2.75) is 17.2 Å². The molecule has 2 aromatic carbocycles. The molecule has 184 valence electrons. The molecule has 1 saturated heterocycles. The molecule has 1 aliphatic rings. The number of benzene rings is 2. The molecule has 1 aliphatic heterocycles. The lowest BCUT2D eigenvalue weighted by atomic mass is 10.1. The Morgan fingerprint density at radius 3 is 2.47 bits per heavy atom. The summed E-state index contributed by atoms with van der Waals surface area (Å²) in [5.74, 6) is 5.00. The third-order valence-corrected chi connectivity index (χ3v) is 6.01. The third-order valence-electron chi connectivity index (χ3n) is 4.86. The van der Waals surface area contributed by atoms with Gasteiger partial charge in [-0.05, 0) is 42.1 Å². The van der Waals surface area contributed by atoms with Crippen LogP contribution in [0, 0.1) is 11.6 Å². The van der Waals surface area contributed by atoms with Crippen molar-refractivity contribution in [3.05, 3.63) is 47.5 Å². The van der Waals surface area contributed by atoms with Gasteiger partial charge >= 0.3 is 0 Å². The number of nitrogens with one attached hydrogen (secondary N) is 2. The molecule has 0 bridgehead atoms. The second-order valence-electron chi connectivity index (χ2n) is 7.41. The van der Waals surface area contributed by atoms with Crippen molar-refractivity contribution in [3.63, 3.8) is 0 Å². The van der Waals surface area contributed by atoms with Crippen molar-refractivity contribution in [1.82, 2.24) is 5.01 Å². The molecule has 14 heteroatoms. The number of anilines is 3. The Bertz CT molecular complexity index is 1080. The summed E-state index contributed by atoms with van der Waals surface area (Å²) in [5.41, 5.74) is 2.20. The maximum absolute atomic E-state index is 14.7. The third kappa shape index (κ3) is 5.81. The van der Waals surface area contributed by atoms with E-state index in [-0.39, 0.29) is 23.0 Å². The van der Waals surface area contributed by atoms with Crippen molar-refractivity contribution < 1.29 is 27.2 Å². The van der Waals surface area contributed by atoms with E-state index in [2.05, 4.69) is 15.9 Å². The summed E-state index contributed by atoms with van der Waals surface area (Å²) in [4.78, 5) is 19.4. The largest absolute Gasteiger partial charge is 0.365 e. The lowest BCUT2D eigenvalue weighted by Gasteiger charge is -2.20. The summed E-state index contributed by atoms with van der Waals surface area (Å²) >= 11 is 0.948. The number of carbonyl (C=O) groups is 1. The van der Waals surface area contributed by atoms with E-state index in [4.69, 9.17) is 16.5 Å². The number of alkyl halides is 2. The van der Waals surface area contributed by atoms with Crippen molar-refractivity contribution in [2.75, 3.05) is 42.9 Å². The molecule has 1 heterocycles. The zero-order valence-corrected chi connectivity index (χ0v) is 19.1. The molecule has 0 aliphatic carbocycles. The highest BCUT2D eigenvalue weighted by atomic mass is 32.2. The minimum absolute atomic E-state index is 0.0112. The fourth-order valence-corrected chi connectivity index (χ4v) is 4.06. The average molecular weight is 502 g/mol. The van der Waals surface area contributed by atoms with Gasteiger partial charge in [0, 0.05) is 30.6 Å². The Morgan fingerprint density at radius 2 is 1.94 bits per heavy atom. The first-order valence-electron chi connectivity index (χ1n) is 9.85. The van der Waals surface area contributed by atoms with E-state index in [0.717, 1.165) is 28.9 Å². The number of hydrazine groups is 1. The first-order valence-corrected chi connectivity index (χ1v) is 10.7. The van der Waals surface area contributed by atoms with E-state index in [1.54, 1.807) is 12.1 Å². The van der Waals surface area contributed by atoms with Crippen LogP contribution >= 0.6 is 11.8 Å². The molecule has 34 heavy (non-hydrogen) atoms. The first kappa shape index (κ1) is 25.4. The van der Waals surface area contributed by atoms with Crippen molar-refractivity contribution >= 4 is 39.9 Å². The lowest BCUT2D eigenvalue weighted by molar-refractivity contribution is 0.0257. The monoisotopic (exact) mass is 501 g/mol. The highest BCUT2D eigenvalue weighted by molar-refractivity contribution is 8.13. The van der Waals surface area contributed by atoms with Gasteiger partial charge in [-0.1, -0.05) is 0 Å². The van der Waals surface area contributed by atoms with Crippen LogP contribution in [0.3, 0.4) is 0 Å². The quantitative estimate of drug-likeness (QED) is 0.119. The maximum atomic E-state index is 14.7. The normalized spacial score (nSPS) is 15.4. The predicted octanol–water partition coefficient (Wildman–Crippen LogP) is 3.16. The number of hydrogen-bond donors (Lipinski definition) is 4. The van der Waals surface area contributed by atoms with Gasteiger partial charge < -0.3 is 16.1 Å². The van der Waals surface area contributed by atoms with Gasteiger partial charge in [0.15, 0.2) is 11.6 Å². The highest BCUT2D eigenvalue weighted by Crippen LogP contribution is 2.34. The molecule has 6 N–H and O–H groups in total. The Labute approximate surface area is 197 Å². The molecule has 0 spiro atoms. The van der Waals surface area contributed by atoms with Gasteiger partial charge in [0.1, 0.15) is 5.69 Å². The SMILES string of the molecule is CONc1ccc(S/C(=N/N)N(C)N)c(C(=O)Nc2c(F)cc(N3CCC(F)(F)C3)cc2F)c1. The Balaban J connectivity index is 1.90. The number of hydrogen-bond acceptors (Lipinski definition) is 8. The van der Waals surface area contributed by atoms with Crippen LogP contribution in [-0.2, 0) is 4.84 Å². The molecule has 0 saturated carbocycles. The first-order chi connectivity index (χ1) is 16.0. The molecule has 1 amide bonds. The fraction of sp³-hybridized carbons (Fsp3) is 0.300. The Hall–Kier alpha value is -3.23. The summed E-state index contributed by atoms with van der Waals surface area (Å²) in [5, 5.41) is 7.04. The molecule has 0 radical (unpaired) electrons. The predicted molar refractivity (Wildman–Crippen MR) is 123 cm³/mol. The van der Waals surface area contributed by atoms with Crippen LogP contribution in [0.25, 0.3) is 0 Å². The van der Waals surface area contributed by atoms with E-state index in [0.29, 0.717) is 10.6 Å². The van der Waals surface area contributed by atoms with Gasteiger partial charge in [0.2, 0.25) is 5.17 Å². The average Bonchev–Trinajstić information content (AvgIpc) is 3.14. The number of thioether (sulfide) groups is 1. The maximum Gasteiger partial charge on any atom is 0.266 e. The van der Waals surface area contributed by atoms with E-state index in [1.165, 1.54) is 25.1 Å². The molecular formula is C20H23F4N7O2S. The van der Waals surface area contributed by atoms with Gasteiger partial charge in [-0.2, -0.15) is 5.10 Å². The summed E-state index contributed by atoms with van der Waals surface area (Å²) in [6, 6.07) is 6.33. The standard InChI is InChI=1S/C20H23F4N7O2S/c1-30(26)19(28-25)34-16-4-3-11(29-33-2)7-13(16)18(32)27-17-14(21)8-12(9-15(17)22)31-6-5-20(23,24)10-31/h3-4,7-9,29H,5-6,10,25-26H2,1-2H3,(H,27,32)/b28-19+. The molecule has 9 nitrogen and oxygen atoms in total. The molecule has 0 atom stereocenters. The van der Waals surface area contributed by atoms with Crippen LogP contribution in [0.5, 0.6) is 0 Å². The van der Waals surface area contributed by atoms with Crippen LogP contribution in [0.15, 0.2) is 40.3 Å². The van der Waals surface area contributed by atoms with Gasteiger partial charge in [-0.3, -0.25) is 20.1 Å². The number of nitrogens with two attached hydrogens (primary N) is 2. The number of carbonyl (C=O) groups excluding carboxylic acids is 1. The number of nitrogens with zero attached hydrogens (tertiary/aromatic N) is 3. The van der Waals surface area contributed by atoms with Crippen LogP contribution in [0.2, 0.25) is 0 Å². The fourth-order valence-electron chi connectivity index (χ4n) is 3.26. The summed E-state index contributed by atoms with van der Waals surface area (Å²) < 4.78 is 56.4. The van der Waals surface area contributed by atoms with Gasteiger partial charge in [-0.15, -0.1) is 0 Å². The van der Waals surface area contributed by atoms with Crippen LogP contribution < -0.4 is 27.4 Å². The molecule has 1 fully saturated rings. The lowest BCUT2D eigenvalue weighted by Crippen LogP contribution is -2.32. The highest BCUT2D eigenvalue weighted by Gasteiger charge is 2.38. The van der Waals surface area contributed by atoms with E-state index >= 15 is 0 Å². The zero-order chi connectivity index (χ0) is 25.0. The minimum Gasteiger partial charge on any atom is -0.365 e. The second kappa shape index (κ2) is 10.4. The van der Waals surface area contributed by atoms with Crippen LogP contribution in [-0.4, -0.2) is 49.3 Å². The Morgan fingerprint density at radius 1 is 1.26 bits per heavy atom. The van der Waals surface area contributed by atoms with Crippen molar-refractivity contribution in [1.29, 1.82) is 0 Å². The van der Waals surface area contributed by atoms with Crippen LogP contribution in [0.1, 0.15) is 16.8 Å². The number of amidine groups is 1. The van der Waals surface area contributed by atoms with Gasteiger partial charge in [0.25, 0.3) is 11.8 Å². The number of rotatable bonds is 6. The molecule has 2 aromatic rings. The molecule has 3 rings (SSSR count). The summed E-state index contributed by atoms with van der Waals surface area (Å²) in [6.45, 7) is -0.684. The molecular weight excluding hydrogens is 478 g/mol. The number of hydrazone groups is 1. The number of halogens is 4. The second-order valence-corrected chi connectivity index (χ2v) is 8.42. The minimum atomic E-state index is -2.93. The molecule has 0 aromatic heterocycles. The smallest absolute Gasteiger partial charge is 0.266 e. The summed E-state index contributed by atoms with van der Waals surface area (Å²) in [7, 11) is 2.86. The zero-order valence-electron chi connectivity index (χ0n) is 18.2. The van der Waals surface area contributed by atoms with Gasteiger partial charge in [0.05, 0.1) is 24.9 Å². The van der Waals surface area contributed by atoms with Crippen LogP contribution in [0.4, 0.5) is 34.6 Å².